The molecule has 3 heterocycles. The average molecular weight is 288 g/mol. The molecule has 19 heavy (non-hydrogen) atoms. The zero-order valence-electron chi connectivity index (χ0n) is 11.5. The van der Waals surface area contributed by atoms with Gasteiger partial charge in [0, 0.05) is 12.4 Å². The fourth-order valence-corrected chi connectivity index (χ4v) is 3.79. The molecule has 0 aliphatic rings. The summed E-state index contributed by atoms with van der Waals surface area (Å²) in [4.78, 5) is 0.998. The molecular weight excluding hydrogens is 273 g/mol. The first-order valence-corrected chi connectivity index (χ1v) is 9.03. The lowest BCUT2D eigenvalue weighted by molar-refractivity contribution is 0.801. The Bertz CT molecular complexity index is 760. The number of nitrogens with one attached hydrogen (secondary N) is 1. The minimum absolute atomic E-state index is 0.425. The van der Waals surface area contributed by atoms with Crippen LogP contribution in [-0.2, 0) is 7.05 Å². The lowest BCUT2D eigenvalue weighted by Gasteiger charge is -2.00. The monoisotopic (exact) mass is 288 g/mol. The summed E-state index contributed by atoms with van der Waals surface area (Å²) in [6.45, 7) is 4.11. The van der Waals surface area contributed by atoms with Gasteiger partial charge < -0.3 is 5.32 Å². The Morgan fingerprint density at radius 3 is 2.84 bits per heavy atom. The fraction of sp³-hybridized carbons (Fsp3) is 0.417. The maximum Gasteiger partial charge on any atom is 0.227 e. The van der Waals surface area contributed by atoms with Crippen LogP contribution in [0.1, 0.15) is 11.3 Å². The van der Waals surface area contributed by atoms with E-state index in [0.717, 1.165) is 21.7 Å². The van der Waals surface area contributed by atoms with Gasteiger partial charge >= 0.3 is 0 Å². The van der Waals surface area contributed by atoms with Crippen molar-refractivity contribution in [1.29, 1.82) is 0 Å². The third-order valence-corrected chi connectivity index (χ3v) is 5.02. The van der Waals surface area contributed by atoms with E-state index in [1.165, 1.54) is 21.2 Å². The van der Waals surface area contributed by atoms with E-state index in [2.05, 4.69) is 33.3 Å². The van der Waals surface area contributed by atoms with Crippen molar-refractivity contribution < 1.29 is 0 Å². The number of anilines is 1. The predicted octanol–water partition coefficient (Wildman–Crippen LogP) is 2.32. The molecule has 7 heteroatoms. The third-order valence-electron chi connectivity index (χ3n) is 3.34. The van der Waals surface area contributed by atoms with Crippen LogP contribution < -0.4 is 5.32 Å². The van der Waals surface area contributed by atoms with Crippen molar-refractivity contribution in [2.24, 2.45) is 7.05 Å². The van der Waals surface area contributed by atoms with Gasteiger partial charge in [-0.3, -0.25) is 4.68 Å². The number of hydrogen-bond donors (Lipinski definition) is 1. The minimum Gasteiger partial charge on any atom is -0.382 e. The Balaban J connectivity index is 2.33. The molecule has 97 valence electrons. The third kappa shape index (κ3) is 1.93. The van der Waals surface area contributed by atoms with E-state index in [4.69, 9.17) is 0 Å². The van der Waals surface area contributed by atoms with Crippen molar-refractivity contribution in [3.63, 3.8) is 0 Å². The average Bonchev–Trinajstić information content (AvgIpc) is 2.91. The molecule has 0 unspecified atom stereocenters. The van der Waals surface area contributed by atoms with Crippen molar-refractivity contribution in [2.75, 3.05) is 10.7 Å². The highest BCUT2D eigenvalue weighted by Crippen LogP contribution is 2.38. The van der Waals surface area contributed by atoms with Crippen LogP contribution >= 0.6 is 11.3 Å². The van der Waals surface area contributed by atoms with Gasteiger partial charge in [-0.15, -0.1) is 22.2 Å². The molecule has 0 spiro atoms. The fourth-order valence-electron chi connectivity index (χ4n) is 2.22. The van der Waals surface area contributed by atoms with E-state index in [1.807, 2.05) is 18.7 Å². The number of aromatic nitrogens is 4. The summed E-state index contributed by atoms with van der Waals surface area (Å²) in [5, 5.41) is 18.8. The van der Waals surface area contributed by atoms with Gasteiger partial charge in [0.05, 0.1) is 15.9 Å². The van der Waals surface area contributed by atoms with Gasteiger partial charge in [0.15, 0.2) is 5.82 Å². The summed E-state index contributed by atoms with van der Waals surface area (Å²) in [5.41, 5.74) is 3.36. The molecule has 3 aromatic rings. The Hall–Kier alpha value is -1.16. The smallest absolute Gasteiger partial charge is 0.227 e. The van der Waals surface area contributed by atoms with Crippen LogP contribution in [0.5, 0.6) is 0 Å². The van der Waals surface area contributed by atoms with Crippen molar-refractivity contribution in [2.45, 2.75) is 19.6 Å². The first-order chi connectivity index (χ1) is 9.13. The quantitative estimate of drug-likeness (QED) is 0.751. The number of aryl methyl sites for hydroxylation is 3. The topological polar surface area (TPSA) is 55.6 Å². The zero-order chi connectivity index (χ0) is 13.6. The molecule has 0 amide bonds. The molecule has 0 fully saturated rings. The molecule has 0 aliphatic heterocycles. The summed E-state index contributed by atoms with van der Waals surface area (Å²) in [6, 6.07) is 0. The zero-order valence-corrected chi connectivity index (χ0v) is 13.5. The van der Waals surface area contributed by atoms with Gasteiger partial charge in [-0.25, -0.2) is 0 Å². The van der Waals surface area contributed by atoms with Crippen LogP contribution in [-0.4, -0.2) is 40.6 Å². The molecule has 0 saturated heterocycles. The van der Waals surface area contributed by atoms with Crippen LogP contribution in [0.25, 0.3) is 20.4 Å². The first-order valence-electron chi connectivity index (χ1n) is 6.24. The van der Waals surface area contributed by atoms with Crippen molar-refractivity contribution in [1.82, 2.24) is 20.0 Å². The normalized spacial score (nSPS) is 11.4. The summed E-state index contributed by atoms with van der Waals surface area (Å²) in [5.74, 6) is 3.21. The molecule has 3 aromatic heterocycles. The highest BCUT2D eigenvalue weighted by molar-refractivity contribution is 7.26. The lowest BCUT2D eigenvalue weighted by atomic mass is 10.1. The molecule has 0 bridgehead atoms. The van der Waals surface area contributed by atoms with Crippen molar-refractivity contribution in [3.05, 3.63) is 11.3 Å². The molecule has 5 nitrogen and oxygen atoms in total. The molecule has 0 saturated carbocycles. The first kappa shape index (κ1) is 12.9. The van der Waals surface area contributed by atoms with Crippen molar-refractivity contribution in [3.8, 4) is 0 Å². The summed E-state index contributed by atoms with van der Waals surface area (Å²) >= 11 is 2.10. The van der Waals surface area contributed by atoms with Gasteiger partial charge in [0.1, 0.15) is 4.83 Å². The van der Waals surface area contributed by atoms with E-state index in [1.54, 1.807) is 11.3 Å². The second kappa shape index (κ2) is 4.75. The standard InChI is InChI=1S/C11H12N5S.CH3.Al/c1-5-6(2)13-14-11-7(5)8-9(17-11)10(12-3)15-16(8)4;;/h3H2,1-2,4H3,(H,12,15);1H3;. The maximum atomic E-state index is 4.59. The van der Waals surface area contributed by atoms with Crippen LogP contribution in [0.3, 0.4) is 0 Å². The van der Waals surface area contributed by atoms with Gasteiger partial charge in [0.25, 0.3) is 0 Å². The number of rotatable bonds is 3. The second-order valence-electron chi connectivity index (χ2n) is 4.63. The van der Waals surface area contributed by atoms with Crippen LogP contribution in [0.15, 0.2) is 0 Å². The number of thiophene rings is 1. The molecular formula is C12H15AlN5S. The van der Waals surface area contributed by atoms with Gasteiger partial charge in [-0.1, -0.05) is 0 Å². The number of fused-ring (bicyclic) bond motifs is 3. The molecule has 0 aromatic carbocycles. The molecule has 0 atom stereocenters. The van der Waals surface area contributed by atoms with E-state index in [9.17, 15) is 0 Å². The molecule has 3 rings (SSSR count). The van der Waals surface area contributed by atoms with E-state index < -0.39 is 0 Å². The Morgan fingerprint density at radius 2 is 2.11 bits per heavy atom. The predicted molar refractivity (Wildman–Crippen MR) is 81.3 cm³/mol. The Morgan fingerprint density at radius 1 is 1.32 bits per heavy atom. The largest absolute Gasteiger partial charge is 0.382 e. The Kier molecular flexibility index (Phi) is 3.21. The van der Waals surface area contributed by atoms with Crippen LogP contribution in [0.2, 0.25) is 5.79 Å². The van der Waals surface area contributed by atoms with Gasteiger partial charge in [0.2, 0.25) is 15.2 Å². The summed E-state index contributed by atoms with van der Waals surface area (Å²) < 4.78 is 3.14. The lowest BCUT2D eigenvalue weighted by Crippen LogP contribution is -2.07. The van der Waals surface area contributed by atoms with Gasteiger partial charge in [-0.2, -0.15) is 10.2 Å². The van der Waals surface area contributed by atoms with E-state index in [0.29, 0.717) is 15.2 Å². The second-order valence-corrected chi connectivity index (χ2v) is 6.86. The molecule has 0 aliphatic carbocycles. The minimum atomic E-state index is 0.425. The number of hydrogen-bond acceptors (Lipinski definition) is 5. The summed E-state index contributed by atoms with van der Waals surface area (Å²) in [7, 11) is 1.99. The highest BCUT2D eigenvalue weighted by atomic mass is 32.1. The number of nitrogens with zero attached hydrogens (tertiary/aromatic N) is 4. The highest BCUT2D eigenvalue weighted by Gasteiger charge is 2.18. The maximum absolute atomic E-state index is 4.59. The molecule has 1 N–H and O–H groups in total. The van der Waals surface area contributed by atoms with E-state index >= 15 is 0 Å². The summed E-state index contributed by atoms with van der Waals surface area (Å²) in [6.07, 6.45) is 0. The molecule has 1 radical (unpaired) electrons. The van der Waals surface area contributed by atoms with Crippen LogP contribution in [0.4, 0.5) is 5.82 Å². The SMILES string of the molecule is [CH3][Al][CH2]Nc1nn(C)c2c1sc1nnc(C)c(C)c12. The van der Waals surface area contributed by atoms with Crippen LogP contribution in [0, 0.1) is 13.8 Å². The van der Waals surface area contributed by atoms with Crippen molar-refractivity contribution >= 4 is 52.8 Å². The Labute approximate surface area is 121 Å². The van der Waals surface area contributed by atoms with E-state index in [-0.39, 0.29) is 0 Å². The van der Waals surface area contributed by atoms with Gasteiger partial charge in [-0.05, 0) is 24.8 Å².